The zero-order valence-corrected chi connectivity index (χ0v) is 16.0. The Morgan fingerprint density at radius 2 is 2.04 bits per heavy atom. The number of thiophene rings is 1. The number of aliphatic carboxylic acids is 1. The number of Topliss-reactive ketones (excluding diaryl/α,β-unsaturated/α-hetero) is 1. The zero-order valence-electron chi connectivity index (χ0n) is 15.2. The van der Waals surface area contributed by atoms with Crippen molar-refractivity contribution in [2.45, 2.75) is 45.4 Å². The van der Waals surface area contributed by atoms with Crippen LogP contribution in [0.15, 0.2) is 15.7 Å². The number of aryl methyl sites for hydroxylation is 1. The molecule has 1 fully saturated rings. The van der Waals surface area contributed by atoms with Crippen LogP contribution in [0.4, 0.5) is 0 Å². The van der Waals surface area contributed by atoms with E-state index in [-0.39, 0.29) is 24.4 Å². The summed E-state index contributed by atoms with van der Waals surface area (Å²) in [5.74, 6) is 0.285. The normalized spacial score (nSPS) is 17.4. The number of hydrogen-bond donors (Lipinski definition) is 1. The average Bonchev–Trinajstić information content (AvgIpc) is 3.32. The van der Waals surface area contributed by atoms with Crippen molar-refractivity contribution in [3.63, 3.8) is 0 Å². The molecule has 0 atom stereocenters. The van der Waals surface area contributed by atoms with Gasteiger partial charge in [-0.3, -0.25) is 4.79 Å². The topological polar surface area (TPSA) is 103 Å². The van der Waals surface area contributed by atoms with E-state index in [1.54, 1.807) is 0 Å². The minimum atomic E-state index is -1.09. The maximum Gasteiger partial charge on any atom is 0.334 e. The molecule has 3 heterocycles. The number of carboxylic acids is 1. The molecule has 0 aromatic carbocycles. The second-order valence-electron chi connectivity index (χ2n) is 6.98. The Morgan fingerprint density at radius 3 is 2.74 bits per heavy atom. The average molecular weight is 388 g/mol. The molecule has 2 aliphatic rings. The number of hydrogen-bond acceptors (Lipinski definition) is 7. The summed E-state index contributed by atoms with van der Waals surface area (Å²) in [6.07, 6.45) is 2.62. The van der Waals surface area contributed by atoms with Crippen LogP contribution < -0.4 is 0 Å². The first kappa shape index (κ1) is 18.1. The van der Waals surface area contributed by atoms with Crippen LogP contribution in [0.5, 0.6) is 0 Å². The molecule has 0 spiro atoms. The van der Waals surface area contributed by atoms with E-state index >= 15 is 0 Å². The third kappa shape index (κ3) is 3.46. The van der Waals surface area contributed by atoms with E-state index in [9.17, 15) is 14.7 Å². The number of carbonyl (C=O) groups is 2. The molecule has 1 N–H and O–H groups in total. The summed E-state index contributed by atoms with van der Waals surface area (Å²) in [6.45, 7) is 4.31. The first-order valence-corrected chi connectivity index (χ1v) is 9.76. The number of nitrogens with zero attached hydrogens (tertiary/aromatic N) is 2. The van der Waals surface area contributed by atoms with Gasteiger partial charge in [0.05, 0.1) is 24.4 Å². The molecule has 0 unspecified atom stereocenters. The van der Waals surface area contributed by atoms with Crippen LogP contribution in [0, 0.1) is 13.8 Å². The van der Waals surface area contributed by atoms with E-state index in [0.29, 0.717) is 30.4 Å². The Bertz CT molecular complexity index is 951. The van der Waals surface area contributed by atoms with Crippen LogP contribution in [0.25, 0.3) is 11.5 Å². The standard InChI is InChI=1S/C19H20N2O5S/c1-9-10(2)27-15(16(9)18-20-17(21-26-18)11-3-4-11)7-14(22)12-5-6-25-8-13(12)19(23)24/h11H,3-8H2,1-2H3,(H,23,24). The molecule has 1 aliphatic heterocycles. The molecule has 0 amide bonds. The van der Waals surface area contributed by atoms with Crippen LogP contribution in [0.1, 0.15) is 46.3 Å². The SMILES string of the molecule is Cc1sc(CC(=O)C2=C(C(=O)O)COCC2)c(-c2nc(C3CC3)no2)c1C. The van der Waals surface area contributed by atoms with Gasteiger partial charge in [0, 0.05) is 27.7 Å². The van der Waals surface area contributed by atoms with Crippen molar-refractivity contribution in [1.29, 1.82) is 0 Å². The summed E-state index contributed by atoms with van der Waals surface area (Å²) in [5, 5.41) is 13.4. The Hall–Kier alpha value is -2.32. The molecule has 142 valence electrons. The second kappa shape index (κ2) is 7.01. The van der Waals surface area contributed by atoms with E-state index in [0.717, 1.165) is 39.5 Å². The minimum Gasteiger partial charge on any atom is -0.478 e. The second-order valence-corrected chi connectivity index (χ2v) is 8.29. The summed E-state index contributed by atoms with van der Waals surface area (Å²) < 4.78 is 10.7. The van der Waals surface area contributed by atoms with Gasteiger partial charge in [-0.15, -0.1) is 11.3 Å². The number of ketones is 1. The number of rotatable bonds is 6. The van der Waals surface area contributed by atoms with Crippen LogP contribution >= 0.6 is 11.3 Å². The molecule has 2 aromatic heterocycles. The Kier molecular flexibility index (Phi) is 4.69. The molecule has 0 saturated heterocycles. The highest BCUT2D eigenvalue weighted by atomic mass is 32.1. The molecule has 0 radical (unpaired) electrons. The van der Waals surface area contributed by atoms with Crippen molar-refractivity contribution >= 4 is 23.1 Å². The van der Waals surface area contributed by atoms with Gasteiger partial charge < -0.3 is 14.4 Å². The van der Waals surface area contributed by atoms with Crippen LogP contribution in [-0.2, 0) is 20.7 Å². The van der Waals surface area contributed by atoms with Crippen molar-refractivity contribution in [3.05, 3.63) is 32.3 Å². The third-order valence-electron chi connectivity index (χ3n) is 5.08. The lowest BCUT2D eigenvalue weighted by molar-refractivity contribution is -0.134. The predicted octanol–water partition coefficient (Wildman–Crippen LogP) is 3.21. The number of aromatic nitrogens is 2. The highest BCUT2D eigenvalue weighted by molar-refractivity contribution is 7.12. The lowest BCUT2D eigenvalue weighted by Gasteiger charge is -2.17. The molecule has 2 aromatic rings. The summed E-state index contributed by atoms with van der Waals surface area (Å²) >= 11 is 1.52. The highest BCUT2D eigenvalue weighted by Gasteiger charge is 2.31. The van der Waals surface area contributed by atoms with Gasteiger partial charge in [0.1, 0.15) is 0 Å². The van der Waals surface area contributed by atoms with Crippen molar-refractivity contribution in [3.8, 4) is 11.5 Å². The molecule has 1 aliphatic carbocycles. The van der Waals surface area contributed by atoms with Crippen LogP contribution in [0.3, 0.4) is 0 Å². The number of ether oxygens (including phenoxy) is 1. The number of carboxylic acid groups (broad SMARTS) is 1. The summed E-state index contributed by atoms with van der Waals surface area (Å²) in [7, 11) is 0. The fourth-order valence-electron chi connectivity index (χ4n) is 3.28. The van der Waals surface area contributed by atoms with Crippen LogP contribution in [0.2, 0.25) is 0 Å². The molecule has 4 rings (SSSR count). The molecule has 27 heavy (non-hydrogen) atoms. The first-order valence-electron chi connectivity index (χ1n) is 8.94. The quantitative estimate of drug-likeness (QED) is 0.810. The maximum absolute atomic E-state index is 12.9. The minimum absolute atomic E-state index is 0.0276. The van der Waals surface area contributed by atoms with Gasteiger partial charge in [0.2, 0.25) is 0 Å². The molecular formula is C19H20N2O5S. The fraction of sp³-hybridized carbons (Fsp3) is 0.474. The summed E-state index contributed by atoms with van der Waals surface area (Å²) in [6, 6.07) is 0. The lowest BCUT2D eigenvalue weighted by Crippen LogP contribution is -2.23. The highest BCUT2D eigenvalue weighted by Crippen LogP contribution is 2.41. The fourth-order valence-corrected chi connectivity index (χ4v) is 4.45. The maximum atomic E-state index is 12.9. The zero-order chi connectivity index (χ0) is 19.1. The molecule has 1 saturated carbocycles. The van der Waals surface area contributed by atoms with E-state index < -0.39 is 5.97 Å². The van der Waals surface area contributed by atoms with Gasteiger partial charge in [0.15, 0.2) is 11.6 Å². The van der Waals surface area contributed by atoms with Gasteiger partial charge in [-0.1, -0.05) is 5.16 Å². The first-order chi connectivity index (χ1) is 13.0. The molecule has 8 heteroatoms. The van der Waals surface area contributed by atoms with Crippen molar-refractivity contribution in [2.75, 3.05) is 13.2 Å². The largest absolute Gasteiger partial charge is 0.478 e. The monoisotopic (exact) mass is 388 g/mol. The van der Waals surface area contributed by atoms with Gasteiger partial charge in [-0.05, 0) is 38.7 Å². The van der Waals surface area contributed by atoms with E-state index in [1.165, 1.54) is 11.3 Å². The van der Waals surface area contributed by atoms with Gasteiger partial charge >= 0.3 is 5.97 Å². The molecular weight excluding hydrogens is 368 g/mol. The van der Waals surface area contributed by atoms with Crippen molar-refractivity contribution < 1.29 is 24.0 Å². The van der Waals surface area contributed by atoms with Crippen molar-refractivity contribution in [1.82, 2.24) is 10.1 Å². The van der Waals surface area contributed by atoms with Crippen molar-refractivity contribution in [2.24, 2.45) is 0 Å². The number of carbonyl (C=O) groups excluding carboxylic acids is 1. The van der Waals surface area contributed by atoms with Crippen LogP contribution in [-0.4, -0.2) is 40.2 Å². The van der Waals surface area contributed by atoms with E-state index in [2.05, 4.69) is 10.1 Å². The van der Waals surface area contributed by atoms with Gasteiger partial charge in [0.25, 0.3) is 5.89 Å². The Labute approximate surface area is 160 Å². The van der Waals surface area contributed by atoms with Gasteiger partial charge in [-0.25, -0.2) is 4.79 Å². The van der Waals surface area contributed by atoms with E-state index in [1.807, 2.05) is 13.8 Å². The molecule has 0 bridgehead atoms. The summed E-state index contributed by atoms with van der Waals surface area (Å²) in [4.78, 5) is 30.7. The summed E-state index contributed by atoms with van der Waals surface area (Å²) in [5.41, 5.74) is 2.25. The Balaban J connectivity index is 1.66. The van der Waals surface area contributed by atoms with Gasteiger partial charge in [-0.2, -0.15) is 4.98 Å². The smallest absolute Gasteiger partial charge is 0.334 e. The lowest BCUT2D eigenvalue weighted by atomic mass is 9.96. The Morgan fingerprint density at radius 1 is 1.26 bits per heavy atom. The molecule has 7 nitrogen and oxygen atoms in total. The van der Waals surface area contributed by atoms with E-state index in [4.69, 9.17) is 9.26 Å². The third-order valence-corrected chi connectivity index (χ3v) is 6.29. The predicted molar refractivity (Wildman–Crippen MR) is 97.9 cm³/mol.